The van der Waals surface area contributed by atoms with Crippen molar-refractivity contribution in [3.63, 3.8) is 0 Å². The maximum absolute atomic E-state index is 12.1. The molecule has 1 fully saturated rings. The minimum atomic E-state index is -3.12. The van der Waals surface area contributed by atoms with E-state index in [1.165, 1.54) is 0 Å². The van der Waals surface area contributed by atoms with Crippen molar-refractivity contribution in [3.8, 4) is 0 Å². The summed E-state index contributed by atoms with van der Waals surface area (Å²) < 4.78 is 22.4. The standard InChI is InChI=1S/C16H26N4O3S/c1-4-5-13-10-20(15-6-8-17-12(2)18-15)11-14(13)19-16(21)7-9-24(3,22)23/h6,8,13-14H,4-5,7,9-11H2,1-3H3,(H,19,21)/t13-,14-/m0/s1. The predicted octanol–water partition coefficient (Wildman–Crippen LogP) is 0.941. The summed E-state index contributed by atoms with van der Waals surface area (Å²) in [6.45, 7) is 5.50. The van der Waals surface area contributed by atoms with Gasteiger partial charge in [-0.3, -0.25) is 4.79 Å². The molecule has 1 saturated heterocycles. The Morgan fingerprint density at radius 1 is 1.42 bits per heavy atom. The van der Waals surface area contributed by atoms with Crippen molar-refractivity contribution in [3.05, 3.63) is 18.1 Å². The van der Waals surface area contributed by atoms with Gasteiger partial charge in [-0.05, 0) is 25.3 Å². The van der Waals surface area contributed by atoms with Crippen molar-refractivity contribution < 1.29 is 13.2 Å². The molecule has 0 aliphatic carbocycles. The van der Waals surface area contributed by atoms with E-state index in [1.807, 2.05) is 13.0 Å². The molecule has 0 bridgehead atoms. The van der Waals surface area contributed by atoms with Crippen LogP contribution >= 0.6 is 0 Å². The molecule has 1 aliphatic rings. The second-order valence-electron chi connectivity index (χ2n) is 6.47. The van der Waals surface area contributed by atoms with Crippen molar-refractivity contribution in [2.24, 2.45) is 5.92 Å². The molecule has 134 valence electrons. The minimum absolute atomic E-state index is 0.0147. The summed E-state index contributed by atoms with van der Waals surface area (Å²) in [7, 11) is -3.12. The number of rotatable bonds is 7. The molecule has 2 atom stereocenters. The third-order valence-electron chi connectivity index (χ3n) is 4.23. The number of hydrogen-bond acceptors (Lipinski definition) is 6. The molecule has 1 aromatic rings. The lowest BCUT2D eigenvalue weighted by molar-refractivity contribution is -0.121. The number of aryl methyl sites for hydroxylation is 1. The topological polar surface area (TPSA) is 92.3 Å². The van der Waals surface area contributed by atoms with Crippen LogP contribution in [0.1, 0.15) is 32.0 Å². The fourth-order valence-electron chi connectivity index (χ4n) is 3.06. The summed E-state index contributed by atoms with van der Waals surface area (Å²) in [5.41, 5.74) is 0. The van der Waals surface area contributed by atoms with Gasteiger partial charge in [0.25, 0.3) is 0 Å². The maximum Gasteiger partial charge on any atom is 0.221 e. The van der Waals surface area contributed by atoms with Crippen LogP contribution in [0.2, 0.25) is 0 Å². The van der Waals surface area contributed by atoms with Crippen LogP contribution < -0.4 is 10.2 Å². The molecule has 1 N–H and O–H groups in total. The van der Waals surface area contributed by atoms with E-state index in [1.54, 1.807) is 6.20 Å². The van der Waals surface area contributed by atoms with Crippen LogP contribution in [0.4, 0.5) is 5.82 Å². The Balaban J connectivity index is 2.01. The Hall–Kier alpha value is -1.70. The lowest BCUT2D eigenvalue weighted by atomic mass is 9.98. The highest BCUT2D eigenvalue weighted by Gasteiger charge is 2.33. The molecule has 1 amide bonds. The lowest BCUT2D eigenvalue weighted by Crippen LogP contribution is -2.41. The Kier molecular flexibility index (Phi) is 6.15. The number of hydrogen-bond donors (Lipinski definition) is 1. The number of nitrogens with one attached hydrogen (secondary N) is 1. The third kappa shape index (κ3) is 5.43. The van der Waals surface area contributed by atoms with Crippen LogP contribution in [0, 0.1) is 12.8 Å². The van der Waals surface area contributed by atoms with Gasteiger partial charge in [-0.1, -0.05) is 13.3 Å². The van der Waals surface area contributed by atoms with Gasteiger partial charge in [0, 0.05) is 32.0 Å². The van der Waals surface area contributed by atoms with Gasteiger partial charge < -0.3 is 10.2 Å². The van der Waals surface area contributed by atoms with Crippen LogP contribution in [-0.2, 0) is 14.6 Å². The van der Waals surface area contributed by atoms with Crippen LogP contribution in [0.5, 0.6) is 0 Å². The molecule has 7 nitrogen and oxygen atoms in total. The van der Waals surface area contributed by atoms with E-state index < -0.39 is 9.84 Å². The number of carbonyl (C=O) groups excluding carboxylic acids is 1. The summed E-state index contributed by atoms with van der Waals surface area (Å²) in [6.07, 6.45) is 4.95. The zero-order chi connectivity index (χ0) is 17.7. The summed E-state index contributed by atoms with van der Waals surface area (Å²) in [5.74, 6) is 1.62. The smallest absolute Gasteiger partial charge is 0.221 e. The van der Waals surface area contributed by atoms with Gasteiger partial charge in [-0.15, -0.1) is 0 Å². The molecule has 2 rings (SSSR count). The largest absolute Gasteiger partial charge is 0.354 e. The number of nitrogens with zero attached hydrogens (tertiary/aromatic N) is 3. The zero-order valence-electron chi connectivity index (χ0n) is 14.5. The summed E-state index contributed by atoms with van der Waals surface area (Å²) in [6, 6.07) is 1.90. The molecule has 0 unspecified atom stereocenters. The Morgan fingerprint density at radius 3 is 2.79 bits per heavy atom. The predicted molar refractivity (Wildman–Crippen MR) is 93.6 cm³/mol. The van der Waals surface area contributed by atoms with Gasteiger partial charge in [-0.25, -0.2) is 18.4 Å². The average molecular weight is 354 g/mol. The molecule has 24 heavy (non-hydrogen) atoms. The van der Waals surface area contributed by atoms with E-state index >= 15 is 0 Å². The SMILES string of the molecule is CCC[C@H]1CN(c2ccnc(C)n2)C[C@@H]1NC(=O)CCS(C)(=O)=O. The van der Waals surface area contributed by atoms with E-state index in [2.05, 4.69) is 27.1 Å². The fraction of sp³-hybridized carbons (Fsp3) is 0.688. The molecule has 8 heteroatoms. The zero-order valence-corrected chi connectivity index (χ0v) is 15.3. The van der Waals surface area contributed by atoms with E-state index in [0.717, 1.165) is 37.3 Å². The monoisotopic (exact) mass is 354 g/mol. The molecular weight excluding hydrogens is 328 g/mol. The van der Waals surface area contributed by atoms with Crippen LogP contribution in [0.15, 0.2) is 12.3 Å². The summed E-state index contributed by atoms with van der Waals surface area (Å²) >= 11 is 0. The molecule has 1 aromatic heterocycles. The molecule has 0 radical (unpaired) electrons. The van der Waals surface area contributed by atoms with Crippen molar-refractivity contribution in [2.45, 2.75) is 39.2 Å². The van der Waals surface area contributed by atoms with Gasteiger partial charge >= 0.3 is 0 Å². The first-order valence-corrected chi connectivity index (χ1v) is 10.4. The minimum Gasteiger partial charge on any atom is -0.354 e. The van der Waals surface area contributed by atoms with Crippen molar-refractivity contribution in [2.75, 3.05) is 30.0 Å². The van der Waals surface area contributed by atoms with Gasteiger partial charge in [0.15, 0.2) is 0 Å². The Morgan fingerprint density at radius 2 is 2.17 bits per heavy atom. The van der Waals surface area contributed by atoms with Crippen LogP contribution in [-0.4, -0.2) is 55.4 Å². The van der Waals surface area contributed by atoms with E-state index in [-0.39, 0.29) is 24.1 Å². The number of aromatic nitrogens is 2. The second kappa shape index (κ2) is 7.92. The molecule has 0 spiro atoms. The van der Waals surface area contributed by atoms with Gasteiger partial charge in [-0.2, -0.15) is 0 Å². The first-order valence-electron chi connectivity index (χ1n) is 8.30. The van der Waals surface area contributed by atoms with Crippen LogP contribution in [0.3, 0.4) is 0 Å². The molecule has 0 aromatic carbocycles. The summed E-state index contributed by atoms with van der Waals surface area (Å²) in [4.78, 5) is 22.8. The quantitative estimate of drug-likeness (QED) is 0.783. The highest BCUT2D eigenvalue weighted by molar-refractivity contribution is 7.90. The van der Waals surface area contributed by atoms with Gasteiger partial charge in [0.05, 0.1) is 11.8 Å². The Labute approximate surface area is 143 Å². The number of sulfone groups is 1. The fourth-order valence-corrected chi connectivity index (χ4v) is 3.62. The lowest BCUT2D eigenvalue weighted by Gasteiger charge is -2.19. The summed E-state index contributed by atoms with van der Waals surface area (Å²) in [5, 5.41) is 3.01. The number of anilines is 1. The maximum atomic E-state index is 12.1. The normalized spacial score (nSPS) is 21.0. The van der Waals surface area contributed by atoms with Crippen molar-refractivity contribution in [1.29, 1.82) is 0 Å². The molecule has 0 saturated carbocycles. The average Bonchev–Trinajstić information content (AvgIpc) is 2.88. The number of amides is 1. The van der Waals surface area contributed by atoms with E-state index in [0.29, 0.717) is 12.5 Å². The highest BCUT2D eigenvalue weighted by atomic mass is 32.2. The second-order valence-corrected chi connectivity index (χ2v) is 8.73. The van der Waals surface area contributed by atoms with Crippen molar-refractivity contribution in [1.82, 2.24) is 15.3 Å². The highest BCUT2D eigenvalue weighted by Crippen LogP contribution is 2.25. The third-order valence-corrected chi connectivity index (χ3v) is 5.18. The van der Waals surface area contributed by atoms with Crippen molar-refractivity contribution >= 4 is 21.6 Å². The number of carbonyl (C=O) groups is 1. The van der Waals surface area contributed by atoms with Gasteiger partial charge in [0.1, 0.15) is 21.5 Å². The van der Waals surface area contributed by atoms with Gasteiger partial charge in [0.2, 0.25) is 5.91 Å². The molecule has 1 aliphatic heterocycles. The van der Waals surface area contributed by atoms with E-state index in [4.69, 9.17) is 0 Å². The molecule has 2 heterocycles. The Bertz CT molecular complexity index is 678. The first-order chi connectivity index (χ1) is 11.3. The molecular formula is C16H26N4O3S. The first kappa shape index (κ1) is 18.6. The van der Waals surface area contributed by atoms with Crippen LogP contribution in [0.25, 0.3) is 0 Å². The van der Waals surface area contributed by atoms with E-state index in [9.17, 15) is 13.2 Å².